The fourth-order valence-corrected chi connectivity index (χ4v) is 2.75. The van der Waals surface area contributed by atoms with E-state index in [2.05, 4.69) is 20.6 Å². The molecule has 8 heteroatoms. The van der Waals surface area contributed by atoms with E-state index in [1.54, 1.807) is 18.5 Å². The largest absolute Gasteiger partial charge is 0.354 e. The van der Waals surface area contributed by atoms with Gasteiger partial charge in [0, 0.05) is 24.9 Å². The Morgan fingerprint density at radius 2 is 2.00 bits per heavy atom. The Labute approximate surface area is 144 Å². The zero-order valence-corrected chi connectivity index (χ0v) is 14.3. The summed E-state index contributed by atoms with van der Waals surface area (Å²) < 4.78 is 3.13. The van der Waals surface area contributed by atoms with Crippen molar-refractivity contribution in [3.05, 3.63) is 52.5 Å². The molecule has 0 aliphatic carbocycles. The third-order valence-corrected chi connectivity index (χ3v) is 4.05. The molecule has 0 saturated carbocycles. The maximum absolute atomic E-state index is 12.5. The van der Waals surface area contributed by atoms with Gasteiger partial charge in [-0.2, -0.15) is 5.10 Å². The monoisotopic (exact) mass is 340 g/mol. The fraction of sp³-hybridized carbons (Fsp3) is 0.353. The first-order chi connectivity index (χ1) is 12.1. The van der Waals surface area contributed by atoms with E-state index < -0.39 is 0 Å². The number of fused-ring (bicyclic) bond motifs is 1. The lowest BCUT2D eigenvalue weighted by atomic mass is 10.1. The number of carbonyl (C=O) groups is 1. The number of carbonyl (C=O) groups excluding carboxylic acids is 1. The molecule has 0 bridgehead atoms. The minimum atomic E-state index is -0.262. The number of amides is 1. The molecular weight excluding hydrogens is 320 g/mol. The standard InChI is InChI=1S/C17H20N6O2/c1-3-22-11-19-20-15(22)8-9-18-16(24)10-23-17(25)14-7-5-4-6-13(14)12(2)21-23/h4-7,11H,3,8-10H2,1-2H3,(H,18,24). The number of hydrogen-bond donors (Lipinski definition) is 1. The summed E-state index contributed by atoms with van der Waals surface area (Å²) in [5, 5.41) is 16.3. The molecule has 0 atom stereocenters. The number of nitrogens with one attached hydrogen (secondary N) is 1. The predicted molar refractivity (Wildman–Crippen MR) is 93.1 cm³/mol. The summed E-state index contributed by atoms with van der Waals surface area (Å²) in [6, 6.07) is 7.27. The Bertz CT molecular complexity index is 959. The molecule has 0 aliphatic heterocycles. The molecule has 0 radical (unpaired) electrons. The Kier molecular flexibility index (Phi) is 4.87. The van der Waals surface area contributed by atoms with E-state index in [-0.39, 0.29) is 18.0 Å². The molecule has 1 aromatic carbocycles. The van der Waals surface area contributed by atoms with Crippen LogP contribution in [0.15, 0.2) is 35.4 Å². The zero-order valence-electron chi connectivity index (χ0n) is 14.3. The molecular formula is C17H20N6O2. The first-order valence-electron chi connectivity index (χ1n) is 8.20. The number of aromatic nitrogens is 5. The van der Waals surface area contributed by atoms with Gasteiger partial charge in [-0.3, -0.25) is 9.59 Å². The van der Waals surface area contributed by atoms with Crippen molar-refractivity contribution in [1.82, 2.24) is 29.9 Å². The highest BCUT2D eigenvalue weighted by Crippen LogP contribution is 2.11. The Morgan fingerprint density at radius 3 is 2.76 bits per heavy atom. The molecule has 8 nitrogen and oxygen atoms in total. The lowest BCUT2D eigenvalue weighted by molar-refractivity contribution is -0.121. The van der Waals surface area contributed by atoms with Crippen LogP contribution in [0.3, 0.4) is 0 Å². The van der Waals surface area contributed by atoms with Crippen molar-refractivity contribution in [2.24, 2.45) is 0 Å². The molecule has 1 N–H and O–H groups in total. The lowest BCUT2D eigenvalue weighted by Crippen LogP contribution is -2.35. The average molecular weight is 340 g/mol. The lowest BCUT2D eigenvalue weighted by Gasteiger charge is -2.09. The normalized spacial score (nSPS) is 11.0. The number of nitrogens with zero attached hydrogens (tertiary/aromatic N) is 5. The number of rotatable bonds is 6. The first kappa shape index (κ1) is 16.8. The van der Waals surface area contributed by atoms with E-state index >= 15 is 0 Å². The Hall–Kier alpha value is -3.03. The second-order valence-electron chi connectivity index (χ2n) is 5.73. The fourth-order valence-electron chi connectivity index (χ4n) is 2.75. The van der Waals surface area contributed by atoms with Crippen LogP contribution in [-0.2, 0) is 24.3 Å². The highest BCUT2D eigenvalue weighted by Gasteiger charge is 2.11. The van der Waals surface area contributed by atoms with E-state index in [1.165, 1.54) is 4.68 Å². The summed E-state index contributed by atoms with van der Waals surface area (Å²) in [5.74, 6) is 0.562. The second-order valence-corrected chi connectivity index (χ2v) is 5.73. The highest BCUT2D eigenvalue weighted by atomic mass is 16.2. The molecule has 0 aliphatic rings. The molecule has 1 amide bonds. The summed E-state index contributed by atoms with van der Waals surface area (Å²) in [6.07, 6.45) is 2.25. The van der Waals surface area contributed by atoms with Crippen molar-refractivity contribution < 1.29 is 4.79 Å². The molecule has 25 heavy (non-hydrogen) atoms. The van der Waals surface area contributed by atoms with E-state index in [9.17, 15) is 9.59 Å². The van der Waals surface area contributed by atoms with Gasteiger partial charge in [0.2, 0.25) is 5.91 Å². The summed E-state index contributed by atoms with van der Waals surface area (Å²) in [4.78, 5) is 24.6. The van der Waals surface area contributed by atoms with Crippen LogP contribution in [0, 0.1) is 6.92 Å². The van der Waals surface area contributed by atoms with Crippen molar-refractivity contribution in [2.45, 2.75) is 33.4 Å². The van der Waals surface area contributed by atoms with Gasteiger partial charge in [-0.15, -0.1) is 10.2 Å². The summed E-state index contributed by atoms with van der Waals surface area (Å²) in [7, 11) is 0. The van der Waals surface area contributed by atoms with Crippen LogP contribution < -0.4 is 10.9 Å². The van der Waals surface area contributed by atoms with Gasteiger partial charge >= 0.3 is 0 Å². The van der Waals surface area contributed by atoms with Crippen LogP contribution in [0.2, 0.25) is 0 Å². The summed E-state index contributed by atoms with van der Waals surface area (Å²) in [5.41, 5.74) is 0.459. The molecule has 2 heterocycles. The van der Waals surface area contributed by atoms with Gasteiger partial charge in [0.1, 0.15) is 18.7 Å². The quantitative estimate of drug-likeness (QED) is 0.712. The number of aryl methyl sites for hydroxylation is 2. The van der Waals surface area contributed by atoms with Crippen LogP contribution in [0.25, 0.3) is 10.8 Å². The van der Waals surface area contributed by atoms with Gasteiger partial charge in [-0.05, 0) is 19.9 Å². The topological polar surface area (TPSA) is 94.7 Å². The van der Waals surface area contributed by atoms with E-state index in [0.717, 1.165) is 23.4 Å². The van der Waals surface area contributed by atoms with Crippen molar-refractivity contribution in [1.29, 1.82) is 0 Å². The molecule has 0 spiro atoms. The van der Waals surface area contributed by atoms with Gasteiger partial charge in [0.25, 0.3) is 5.56 Å². The van der Waals surface area contributed by atoms with Crippen LogP contribution in [-0.4, -0.2) is 37.0 Å². The number of benzene rings is 1. The molecule has 0 fully saturated rings. The second kappa shape index (κ2) is 7.25. The third-order valence-electron chi connectivity index (χ3n) is 4.05. The minimum absolute atomic E-state index is 0.106. The van der Waals surface area contributed by atoms with Crippen LogP contribution in [0.4, 0.5) is 0 Å². The van der Waals surface area contributed by atoms with Gasteiger partial charge in [0.15, 0.2) is 0 Å². The molecule has 3 aromatic rings. The van der Waals surface area contributed by atoms with E-state index in [4.69, 9.17) is 0 Å². The van der Waals surface area contributed by atoms with Crippen LogP contribution >= 0.6 is 0 Å². The molecule has 130 valence electrons. The minimum Gasteiger partial charge on any atom is -0.354 e. The van der Waals surface area contributed by atoms with Gasteiger partial charge < -0.3 is 9.88 Å². The SMILES string of the molecule is CCn1cnnc1CCNC(=O)Cn1nc(C)c2ccccc2c1=O. The van der Waals surface area contributed by atoms with Crippen molar-refractivity contribution in [2.75, 3.05) is 6.54 Å². The van der Waals surface area contributed by atoms with Gasteiger partial charge in [-0.25, -0.2) is 4.68 Å². The van der Waals surface area contributed by atoms with Crippen LogP contribution in [0.1, 0.15) is 18.4 Å². The first-order valence-corrected chi connectivity index (χ1v) is 8.20. The predicted octanol–water partition coefficient (Wildman–Crippen LogP) is 0.675. The van der Waals surface area contributed by atoms with E-state index in [0.29, 0.717) is 18.4 Å². The van der Waals surface area contributed by atoms with Crippen molar-refractivity contribution in [3.63, 3.8) is 0 Å². The summed E-state index contributed by atoms with van der Waals surface area (Å²) in [6.45, 7) is 4.94. The Morgan fingerprint density at radius 1 is 1.24 bits per heavy atom. The smallest absolute Gasteiger partial charge is 0.275 e. The molecule has 2 aromatic heterocycles. The maximum Gasteiger partial charge on any atom is 0.275 e. The third kappa shape index (κ3) is 3.57. The molecule has 0 saturated heterocycles. The molecule has 3 rings (SSSR count). The average Bonchev–Trinajstić information content (AvgIpc) is 3.07. The van der Waals surface area contributed by atoms with Gasteiger partial charge in [0.05, 0.1) is 11.1 Å². The summed E-state index contributed by atoms with van der Waals surface area (Å²) >= 11 is 0. The Balaban J connectivity index is 1.66. The van der Waals surface area contributed by atoms with Crippen LogP contribution in [0.5, 0.6) is 0 Å². The van der Waals surface area contributed by atoms with E-state index in [1.807, 2.05) is 30.5 Å². The maximum atomic E-state index is 12.5. The number of hydrogen-bond acceptors (Lipinski definition) is 5. The van der Waals surface area contributed by atoms with Crippen molar-refractivity contribution >= 4 is 16.7 Å². The van der Waals surface area contributed by atoms with Crippen molar-refractivity contribution in [3.8, 4) is 0 Å². The molecule has 0 unspecified atom stereocenters. The zero-order chi connectivity index (χ0) is 17.8. The van der Waals surface area contributed by atoms with Gasteiger partial charge in [-0.1, -0.05) is 18.2 Å². The highest BCUT2D eigenvalue weighted by molar-refractivity contribution is 5.83.